The van der Waals surface area contributed by atoms with Crippen LogP contribution >= 0.6 is 0 Å². The number of carboxylic acid groups (broad SMARTS) is 1. The first-order chi connectivity index (χ1) is 11.5. The highest BCUT2D eigenvalue weighted by Crippen LogP contribution is 2.26. The Hall–Kier alpha value is -2.53. The number of nitrogens with zero attached hydrogens (tertiary/aromatic N) is 2. The normalized spacial score (nSPS) is 12.6. The summed E-state index contributed by atoms with van der Waals surface area (Å²) < 4.78 is 26.4. The van der Waals surface area contributed by atoms with Gasteiger partial charge >= 0.3 is 5.97 Å². The second-order valence-corrected chi connectivity index (χ2v) is 7.18. The van der Waals surface area contributed by atoms with Gasteiger partial charge in [0.05, 0.1) is 9.82 Å². The maximum Gasteiger partial charge on any atom is 0.321 e. The lowest BCUT2D eigenvalue weighted by Gasteiger charge is -2.26. The van der Waals surface area contributed by atoms with Crippen molar-refractivity contribution in [2.75, 3.05) is 13.1 Å². The Morgan fingerprint density at radius 1 is 1.40 bits per heavy atom. The number of non-ortho nitro benzene ring substituents is 1. The molecular weight excluding hydrogens is 354 g/mol. The zero-order valence-electron chi connectivity index (χ0n) is 13.9. The van der Waals surface area contributed by atoms with E-state index < -0.39 is 38.6 Å². The summed E-state index contributed by atoms with van der Waals surface area (Å²) in [6.07, 6.45) is 0. The molecule has 0 aromatic heterocycles. The molecule has 2 N–H and O–H groups in total. The predicted molar refractivity (Wildman–Crippen MR) is 87.5 cm³/mol. The summed E-state index contributed by atoms with van der Waals surface area (Å²) in [4.78, 5) is 32.0. The van der Waals surface area contributed by atoms with Crippen LogP contribution in [0.2, 0.25) is 0 Å². The largest absolute Gasteiger partial charge is 0.480 e. The molecular formula is C14H19N3O7S. The van der Waals surface area contributed by atoms with E-state index in [0.29, 0.717) is 4.31 Å². The average Bonchev–Trinajstić information content (AvgIpc) is 2.50. The second-order valence-electron chi connectivity index (χ2n) is 5.32. The molecule has 0 fully saturated rings. The molecule has 25 heavy (non-hydrogen) atoms. The number of rotatable bonds is 8. The first-order valence-electron chi connectivity index (χ1n) is 7.22. The number of nitro groups is 1. The standard InChI is InChI=1S/C14H19N3O7S/c1-9-4-5-12(17(21)22)8-13(9)25(23,24)16(10(2)14(19)20)7-6-15-11(3)18/h4-5,8,10H,6-7H2,1-3H3,(H,15,18)(H,19,20). The van der Waals surface area contributed by atoms with Gasteiger partial charge in [-0.2, -0.15) is 4.31 Å². The molecule has 138 valence electrons. The molecule has 0 radical (unpaired) electrons. The fourth-order valence-electron chi connectivity index (χ4n) is 2.09. The molecule has 1 aromatic carbocycles. The number of carbonyl (C=O) groups is 2. The van der Waals surface area contributed by atoms with Gasteiger partial charge in [0.25, 0.3) is 5.69 Å². The van der Waals surface area contributed by atoms with E-state index in [1.54, 1.807) is 0 Å². The molecule has 10 nitrogen and oxygen atoms in total. The van der Waals surface area contributed by atoms with E-state index in [9.17, 15) is 33.2 Å². The van der Waals surface area contributed by atoms with Crippen LogP contribution in [0.4, 0.5) is 5.69 Å². The van der Waals surface area contributed by atoms with Crippen molar-refractivity contribution >= 4 is 27.6 Å². The molecule has 0 bridgehead atoms. The van der Waals surface area contributed by atoms with Crippen molar-refractivity contribution in [1.29, 1.82) is 0 Å². The van der Waals surface area contributed by atoms with Gasteiger partial charge in [-0.05, 0) is 19.4 Å². The van der Waals surface area contributed by atoms with Gasteiger partial charge in [0.2, 0.25) is 15.9 Å². The second kappa shape index (κ2) is 8.03. The quantitative estimate of drug-likeness (QED) is 0.498. The zero-order valence-corrected chi connectivity index (χ0v) is 14.7. The Kier molecular flexibility index (Phi) is 6.59. The van der Waals surface area contributed by atoms with E-state index in [0.717, 1.165) is 12.1 Å². The summed E-state index contributed by atoms with van der Waals surface area (Å²) in [7, 11) is -4.33. The number of nitro benzene ring substituents is 1. The van der Waals surface area contributed by atoms with Gasteiger partial charge in [0.1, 0.15) is 6.04 Å². The Labute approximate surface area is 144 Å². The van der Waals surface area contributed by atoms with Crippen molar-refractivity contribution in [3.63, 3.8) is 0 Å². The number of sulfonamides is 1. The number of carboxylic acids is 1. The fourth-order valence-corrected chi connectivity index (χ4v) is 3.93. The third kappa shape index (κ3) is 4.97. The lowest BCUT2D eigenvalue weighted by molar-refractivity contribution is -0.385. The van der Waals surface area contributed by atoms with Gasteiger partial charge in [-0.3, -0.25) is 19.7 Å². The molecule has 1 amide bonds. The highest BCUT2D eigenvalue weighted by atomic mass is 32.2. The number of hydrogen-bond acceptors (Lipinski definition) is 6. The van der Waals surface area contributed by atoms with E-state index in [4.69, 9.17) is 0 Å². The summed E-state index contributed by atoms with van der Waals surface area (Å²) in [5.41, 5.74) is -0.179. The van der Waals surface area contributed by atoms with Crippen LogP contribution in [-0.2, 0) is 19.6 Å². The number of hydrogen-bond donors (Lipinski definition) is 2. The summed E-state index contributed by atoms with van der Waals surface area (Å²) in [5, 5.41) is 22.5. The molecule has 0 heterocycles. The van der Waals surface area contributed by atoms with Crippen molar-refractivity contribution in [3.05, 3.63) is 33.9 Å². The number of aryl methyl sites for hydroxylation is 1. The van der Waals surface area contributed by atoms with Crippen molar-refractivity contribution in [2.24, 2.45) is 0 Å². The van der Waals surface area contributed by atoms with Gasteiger partial charge < -0.3 is 10.4 Å². The average molecular weight is 373 g/mol. The number of carbonyl (C=O) groups excluding carboxylic acids is 1. The molecule has 0 aliphatic rings. The van der Waals surface area contributed by atoms with Crippen molar-refractivity contribution < 1.29 is 28.0 Å². The molecule has 1 unspecified atom stereocenters. The molecule has 11 heteroatoms. The van der Waals surface area contributed by atoms with Crippen molar-refractivity contribution in [3.8, 4) is 0 Å². The summed E-state index contributed by atoms with van der Waals surface area (Å²) in [6.45, 7) is 3.48. The number of benzene rings is 1. The fraction of sp³-hybridized carbons (Fsp3) is 0.429. The number of nitrogens with one attached hydrogen (secondary N) is 1. The van der Waals surface area contributed by atoms with Crippen LogP contribution in [0.25, 0.3) is 0 Å². The van der Waals surface area contributed by atoms with Crippen LogP contribution in [0.5, 0.6) is 0 Å². The van der Waals surface area contributed by atoms with Crippen LogP contribution in [0, 0.1) is 17.0 Å². The zero-order chi connectivity index (χ0) is 19.4. The molecule has 1 rings (SSSR count). The highest BCUT2D eigenvalue weighted by Gasteiger charge is 2.34. The predicted octanol–water partition coefficient (Wildman–Crippen LogP) is 0.503. The molecule has 0 aliphatic carbocycles. The molecule has 0 spiro atoms. The minimum Gasteiger partial charge on any atom is -0.480 e. The van der Waals surface area contributed by atoms with E-state index >= 15 is 0 Å². The van der Waals surface area contributed by atoms with Crippen molar-refractivity contribution in [1.82, 2.24) is 9.62 Å². The number of aliphatic carboxylic acids is 1. The molecule has 0 saturated carbocycles. The van der Waals surface area contributed by atoms with E-state index in [2.05, 4.69) is 5.32 Å². The summed E-state index contributed by atoms with van der Waals surface area (Å²) >= 11 is 0. The van der Waals surface area contributed by atoms with Crippen LogP contribution < -0.4 is 5.32 Å². The van der Waals surface area contributed by atoms with Crippen LogP contribution in [0.15, 0.2) is 23.1 Å². The Balaban J connectivity index is 3.35. The highest BCUT2D eigenvalue weighted by molar-refractivity contribution is 7.89. The van der Waals surface area contributed by atoms with Crippen LogP contribution in [0.3, 0.4) is 0 Å². The summed E-state index contributed by atoms with van der Waals surface area (Å²) in [5.74, 6) is -1.78. The van der Waals surface area contributed by atoms with Crippen molar-refractivity contribution in [2.45, 2.75) is 31.7 Å². The SMILES string of the molecule is CC(=O)NCCN(C(C)C(=O)O)S(=O)(=O)c1cc([N+](=O)[O-])ccc1C. The lowest BCUT2D eigenvalue weighted by atomic mass is 10.2. The van der Waals surface area contributed by atoms with Gasteiger partial charge in [-0.25, -0.2) is 8.42 Å². The Bertz CT molecular complexity index is 792. The Morgan fingerprint density at radius 2 is 2.00 bits per heavy atom. The third-order valence-corrected chi connectivity index (χ3v) is 5.58. The third-order valence-electron chi connectivity index (χ3n) is 3.46. The van der Waals surface area contributed by atoms with E-state index in [1.807, 2.05) is 0 Å². The van der Waals surface area contributed by atoms with Crippen LogP contribution in [-0.4, -0.2) is 53.8 Å². The molecule has 1 aromatic rings. The minimum absolute atomic E-state index is 0.0971. The van der Waals surface area contributed by atoms with Crippen LogP contribution in [0.1, 0.15) is 19.4 Å². The van der Waals surface area contributed by atoms with Gasteiger partial charge in [-0.1, -0.05) is 6.07 Å². The smallest absolute Gasteiger partial charge is 0.321 e. The van der Waals surface area contributed by atoms with E-state index in [-0.39, 0.29) is 23.5 Å². The maximum atomic E-state index is 12.9. The first-order valence-corrected chi connectivity index (χ1v) is 8.66. The van der Waals surface area contributed by atoms with E-state index in [1.165, 1.54) is 26.8 Å². The Morgan fingerprint density at radius 3 is 2.48 bits per heavy atom. The monoisotopic (exact) mass is 373 g/mol. The summed E-state index contributed by atoms with van der Waals surface area (Å²) in [6, 6.07) is 1.92. The first kappa shape index (κ1) is 20.5. The molecule has 1 atom stereocenters. The molecule has 0 aliphatic heterocycles. The number of amides is 1. The maximum absolute atomic E-state index is 12.9. The lowest BCUT2D eigenvalue weighted by Crippen LogP contribution is -2.46. The molecule has 0 saturated heterocycles. The van der Waals surface area contributed by atoms with Gasteiger partial charge in [-0.15, -0.1) is 0 Å². The van der Waals surface area contributed by atoms with Gasteiger partial charge in [0, 0.05) is 32.1 Å². The van der Waals surface area contributed by atoms with Gasteiger partial charge in [0.15, 0.2) is 0 Å². The topological polar surface area (TPSA) is 147 Å². The minimum atomic E-state index is -4.33.